The minimum atomic E-state index is -0.217. The van der Waals surface area contributed by atoms with Gasteiger partial charge in [-0.1, -0.05) is 18.2 Å². The Bertz CT molecular complexity index is 512. The number of piperidine rings is 1. The van der Waals surface area contributed by atoms with Crippen molar-refractivity contribution in [3.8, 4) is 6.07 Å². The standard InChI is InChI=1S/C15H16N2OS/c16-10-12-6-3-4-8-17(12)15(18)14-9-11-5-1-2-7-13(11)19-14/h1-2,5,7,12,14H,3-4,6,8-9H2. The molecule has 1 aromatic carbocycles. The van der Waals surface area contributed by atoms with Crippen molar-refractivity contribution in [2.75, 3.05) is 6.54 Å². The van der Waals surface area contributed by atoms with Crippen molar-refractivity contribution >= 4 is 17.7 Å². The third-order valence-corrected chi connectivity index (χ3v) is 5.16. The van der Waals surface area contributed by atoms with E-state index in [4.69, 9.17) is 0 Å². The van der Waals surface area contributed by atoms with Crippen LogP contribution in [0.25, 0.3) is 0 Å². The van der Waals surface area contributed by atoms with Gasteiger partial charge in [0.25, 0.3) is 0 Å². The first-order chi connectivity index (χ1) is 9.29. The number of benzene rings is 1. The SMILES string of the molecule is N#CC1CCCCN1C(=O)C1Cc2ccccc2S1. The van der Waals surface area contributed by atoms with E-state index in [-0.39, 0.29) is 17.2 Å². The van der Waals surface area contributed by atoms with Gasteiger partial charge in [0.1, 0.15) is 6.04 Å². The fourth-order valence-electron chi connectivity index (χ4n) is 2.83. The van der Waals surface area contributed by atoms with Gasteiger partial charge in [-0.05, 0) is 37.3 Å². The lowest BCUT2D eigenvalue weighted by Gasteiger charge is -2.33. The highest BCUT2D eigenvalue weighted by Gasteiger charge is 2.35. The van der Waals surface area contributed by atoms with E-state index in [1.165, 1.54) is 10.5 Å². The predicted octanol–water partition coefficient (Wildman–Crippen LogP) is 2.61. The summed E-state index contributed by atoms with van der Waals surface area (Å²) in [6.07, 6.45) is 3.70. The number of hydrogen-bond acceptors (Lipinski definition) is 3. The molecule has 1 saturated heterocycles. The molecule has 2 unspecified atom stereocenters. The van der Waals surface area contributed by atoms with Crippen LogP contribution in [0.15, 0.2) is 29.2 Å². The Labute approximate surface area is 117 Å². The number of carbonyl (C=O) groups is 1. The number of amides is 1. The number of likely N-dealkylation sites (tertiary alicyclic amines) is 1. The van der Waals surface area contributed by atoms with Gasteiger partial charge in [-0.25, -0.2) is 0 Å². The zero-order valence-corrected chi connectivity index (χ0v) is 11.5. The Morgan fingerprint density at radius 1 is 1.37 bits per heavy atom. The predicted molar refractivity (Wildman–Crippen MR) is 74.8 cm³/mol. The van der Waals surface area contributed by atoms with Crippen molar-refractivity contribution in [2.45, 2.75) is 41.9 Å². The van der Waals surface area contributed by atoms with E-state index < -0.39 is 0 Å². The molecule has 0 radical (unpaired) electrons. The lowest BCUT2D eigenvalue weighted by molar-refractivity contribution is -0.132. The second kappa shape index (κ2) is 5.26. The number of hydrogen-bond donors (Lipinski definition) is 0. The first-order valence-corrected chi connectivity index (χ1v) is 7.62. The molecule has 0 spiro atoms. The average molecular weight is 272 g/mol. The summed E-state index contributed by atoms with van der Waals surface area (Å²) >= 11 is 1.65. The van der Waals surface area contributed by atoms with Gasteiger partial charge >= 0.3 is 0 Å². The number of carbonyl (C=O) groups excluding carboxylic acids is 1. The molecular weight excluding hydrogens is 256 g/mol. The largest absolute Gasteiger partial charge is 0.326 e. The molecule has 2 heterocycles. The molecule has 0 aromatic heterocycles. The van der Waals surface area contributed by atoms with Crippen LogP contribution in [0.2, 0.25) is 0 Å². The van der Waals surface area contributed by atoms with E-state index in [9.17, 15) is 10.1 Å². The van der Waals surface area contributed by atoms with Crippen LogP contribution in [0.4, 0.5) is 0 Å². The van der Waals surface area contributed by atoms with Crippen LogP contribution in [0, 0.1) is 11.3 Å². The summed E-state index contributed by atoms with van der Waals surface area (Å²) in [7, 11) is 0. The van der Waals surface area contributed by atoms with E-state index in [0.29, 0.717) is 0 Å². The summed E-state index contributed by atoms with van der Waals surface area (Å²) < 4.78 is 0. The zero-order valence-electron chi connectivity index (χ0n) is 10.7. The molecule has 1 fully saturated rings. The molecule has 1 amide bonds. The van der Waals surface area contributed by atoms with Crippen molar-refractivity contribution in [3.63, 3.8) is 0 Å². The van der Waals surface area contributed by atoms with Crippen molar-refractivity contribution < 1.29 is 4.79 Å². The Hall–Kier alpha value is -1.47. The Morgan fingerprint density at radius 3 is 3.00 bits per heavy atom. The maximum absolute atomic E-state index is 12.6. The molecule has 3 rings (SSSR count). The van der Waals surface area contributed by atoms with E-state index in [2.05, 4.69) is 18.2 Å². The second-order valence-corrected chi connectivity index (χ2v) is 6.34. The highest BCUT2D eigenvalue weighted by molar-refractivity contribution is 8.01. The molecule has 4 heteroatoms. The maximum Gasteiger partial charge on any atom is 0.237 e. The molecule has 3 nitrogen and oxygen atoms in total. The van der Waals surface area contributed by atoms with Gasteiger partial charge in [0.05, 0.1) is 11.3 Å². The summed E-state index contributed by atoms with van der Waals surface area (Å²) in [4.78, 5) is 15.6. The van der Waals surface area contributed by atoms with Crippen LogP contribution in [-0.2, 0) is 11.2 Å². The van der Waals surface area contributed by atoms with Gasteiger partial charge in [0.2, 0.25) is 5.91 Å². The number of nitrogens with zero attached hydrogens (tertiary/aromatic N) is 2. The molecule has 0 saturated carbocycles. The summed E-state index contributed by atoms with van der Waals surface area (Å²) in [5.41, 5.74) is 1.26. The second-order valence-electron chi connectivity index (χ2n) is 5.09. The lowest BCUT2D eigenvalue weighted by atomic mass is 10.0. The molecule has 0 N–H and O–H groups in total. The van der Waals surface area contributed by atoms with E-state index >= 15 is 0 Å². The molecule has 2 atom stereocenters. The fraction of sp³-hybridized carbons (Fsp3) is 0.467. The molecule has 2 aliphatic heterocycles. The normalized spacial score (nSPS) is 25.7. The molecule has 0 bridgehead atoms. The molecule has 0 aliphatic carbocycles. The van der Waals surface area contributed by atoms with Gasteiger partial charge in [0.15, 0.2) is 0 Å². The van der Waals surface area contributed by atoms with Crippen LogP contribution in [0.5, 0.6) is 0 Å². The van der Waals surface area contributed by atoms with Crippen molar-refractivity contribution in [2.24, 2.45) is 0 Å². The van der Waals surface area contributed by atoms with E-state index in [0.717, 1.165) is 32.2 Å². The van der Waals surface area contributed by atoms with Gasteiger partial charge in [-0.15, -0.1) is 11.8 Å². The quantitative estimate of drug-likeness (QED) is 0.789. The number of nitriles is 1. The minimum absolute atomic E-state index is 0.0358. The molecular formula is C15H16N2OS. The number of thioether (sulfide) groups is 1. The molecule has 98 valence electrons. The van der Waals surface area contributed by atoms with Crippen LogP contribution < -0.4 is 0 Å². The maximum atomic E-state index is 12.6. The summed E-state index contributed by atoms with van der Waals surface area (Å²) in [6, 6.07) is 10.3. The third-order valence-electron chi connectivity index (χ3n) is 3.86. The van der Waals surface area contributed by atoms with Crippen molar-refractivity contribution in [1.29, 1.82) is 5.26 Å². The topological polar surface area (TPSA) is 44.1 Å². The van der Waals surface area contributed by atoms with Crippen LogP contribution in [0.1, 0.15) is 24.8 Å². The lowest BCUT2D eigenvalue weighted by Crippen LogP contribution is -2.46. The van der Waals surface area contributed by atoms with Crippen LogP contribution in [0.3, 0.4) is 0 Å². The first kappa shape index (κ1) is 12.6. The van der Waals surface area contributed by atoms with Crippen LogP contribution in [-0.4, -0.2) is 28.6 Å². The molecule has 19 heavy (non-hydrogen) atoms. The molecule has 2 aliphatic rings. The summed E-state index contributed by atoms with van der Waals surface area (Å²) in [5, 5.41) is 9.14. The summed E-state index contributed by atoms with van der Waals surface area (Å²) in [5.74, 6) is 0.146. The summed E-state index contributed by atoms with van der Waals surface area (Å²) in [6.45, 7) is 0.741. The van der Waals surface area contributed by atoms with Crippen molar-refractivity contribution in [3.05, 3.63) is 29.8 Å². The minimum Gasteiger partial charge on any atom is -0.326 e. The average Bonchev–Trinajstić information content (AvgIpc) is 2.90. The third kappa shape index (κ3) is 2.35. The van der Waals surface area contributed by atoms with Gasteiger partial charge < -0.3 is 4.90 Å². The highest BCUT2D eigenvalue weighted by Crippen LogP contribution is 2.38. The number of rotatable bonds is 1. The highest BCUT2D eigenvalue weighted by atomic mass is 32.2. The van der Waals surface area contributed by atoms with Gasteiger partial charge in [-0.3, -0.25) is 4.79 Å². The van der Waals surface area contributed by atoms with Crippen LogP contribution >= 0.6 is 11.8 Å². The molecule has 1 aromatic rings. The van der Waals surface area contributed by atoms with E-state index in [1.807, 2.05) is 12.1 Å². The van der Waals surface area contributed by atoms with Gasteiger partial charge in [0, 0.05) is 11.4 Å². The monoisotopic (exact) mass is 272 g/mol. The van der Waals surface area contributed by atoms with Crippen molar-refractivity contribution in [1.82, 2.24) is 4.90 Å². The first-order valence-electron chi connectivity index (χ1n) is 6.74. The number of fused-ring (bicyclic) bond motifs is 1. The smallest absolute Gasteiger partial charge is 0.237 e. The van der Waals surface area contributed by atoms with E-state index in [1.54, 1.807) is 16.7 Å². The Balaban J connectivity index is 1.74. The Kier molecular flexibility index (Phi) is 3.48. The fourth-order valence-corrected chi connectivity index (χ4v) is 4.10. The zero-order chi connectivity index (χ0) is 13.2. The van der Waals surface area contributed by atoms with Gasteiger partial charge in [-0.2, -0.15) is 5.26 Å². The Morgan fingerprint density at radius 2 is 2.21 bits per heavy atom.